The van der Waals surface area contributed by atoms with E-state index in [-0.39, 0.29) is 5.41 Å². The van der Waals surface area contributed by atoms with Crippen molar-refractivity contribution in [1.29, 1.82) is 0 Å². The monoisotopic (exact) mass is 757 g/mol. The maximum atomic E-state index is 6.57. The van der Waals surface area contributed by atoms with Gasteiger partial charge in [0, 0.05) is 33.1 Å². The number of nitrogens with zero attached hydrogens (tertiary/aromatic N) is 1. The highest BCUT2D eigenvalue weighted by atomic mass is 16.3. The highest BCUT2D eigenvalue weighted by Gasteiger charge is 2.27. The Labute approximate surface area is 345 Å². The molecule has 0 unspecified atom stereocenters. The summed E-state index contributed by atoms with van der Waals surface area (Å²) < 4.78 is 6.57. The van der Waals surface area contributed by atoms with Crippen LogP contribution in [-0.2, 0) is 5.41 Å². The van der Waals surface area contributed by atoms with Crippen molar-refractivity contribution in [1.82, 2.24) is 0 Å². The van der Waals surface area contributed by atoms with E-state index in [0.29, 0.717) is 0 Å². The minimum absolute atomic E-state index is 0.0391. The first-order valence-corrected chi connectivity index (χ1v) is 20.6. The standard InChI is InChI=1S/C57H43NO/c1-36-25-28-41(34-48(36)37-15-6-5-7-16-37)58(40-29-26-39(27-30-40)57(2,3)4)52-23-14-17-38-33-51-50(35-49(38)52)45-21-11-9-19-43(45)42-18-8-10-20-44(42)46-31-32-54-56(55(46)51)47-22-12-13-24-53(47)59-54/h5-35H,1-4H3. The second-order valence-electron chi connectivity index (χ2n) is 16.9. The van der Waals surface area contributed by atoms with E-state index in [2.05, 4.69) is 221 Å². The Morgan fingerprint density at radius 1 is 0.424 bits per heavy atom. The number of benzene rings is 9. The van der Waals surface area contributed by atoms with Gasteiger partial charge in [0.2, 0.25) is 0 Å². The summed E-state index contributed by atoms with van der Waals surface area (Å²) in [4.78, 5) is 2.45. The van der Waals surface area contributed by atoms with Gasteiger partial charge >= 0.3 is 0 Å². The molecule has 0 aliphatic heterocycles. The molecule has 10 aromatic rings. The highest BCUT2D eigenvalue weighted by Crippen LogP contribution is 2.53. The molecule has 282 valence electrons. The van der Waals surface area contributed by atoms with Gasteiger partial charge in [-0.3, -0.25) is 0 Å². The molecule has 11 rings (SSSR count). The molecule has 1 aliphatic rings. The van der Waals surface area contributed by atoms with Crippen LogP contribution in [0.4, 0.5) is 17.1 Å². The van der Waals surface area contributed by atoms with Gasteiger partial charge in [0.25, 0.3) is 0 Å². The summed E-state index contributed by atoms with van der Waals surface area (Å²) in [7, 11) is 0. The molecule has 59 heavy (non-hydrogen) atoms. The van der Waals surface area contributed by atoms with Crippen LogP contribution >= 0.6 is 0 Å². The van der Waals surface area contributed by atoms with Crippen molar-refractivity contribution in [2.45, 2.75) is 33.1 Å². The van der Waals surface area contributed by atoms with Crippen molar-refractivity contribution in [3.63, 3.8) is 0 Å². The number of rotatable bonds is 4. The van der Waals surface area contributed by atoms with E-state index in [1.807, 2.05) is 0 Å². The molecule has 2 nitrogen and oxygen atoms in total. The average molecular weight is 758 g/mol. The van der Waals surface area contributed by atoms with Crippen LogP contribution in [0.3, 0.4) is 0 Å². The van der Waals surface area contributed by atoms with Crippen LogP contribution in [0, 0.1) is 6.92 Å². The van der Waals surface area contributed by atoms with Gasteiger partial charge in [-0.15, -0.1) is 0 Å². The molecule has 0 radical (unpaired) electrons. The summed E-state index contributed by atoms with van der Waals surface area (Å²) in [5, 5.41) is 4.64. The molecular weight excluding hydrogens is 715 g/mol. The smallest absolute Gasteiger partial charge is 0.136 e. The first kappa shape index (κ1) is 35.0. The molecule has 1 aliphatic carbocycles. The van der Waals surface area contributed by atoms with E-state index >= 15 is 0 Å². The van der Waals surface area contributed by atoms with Gasteiger partial charge in [0.15, 0.2) is 0 Å². The van der Waals surface area contributed by atoms with Crippen molar-refractivity contribution in [3.05, 3.63) is 199 Å². The maximum Gasteiger partial charge on any atom is 0.136 e. The summed E-state index contributed by atoms with van der Waals surface area (Å²) in [6, 6.07) is 69.2. The Hall–Kier alpha value is -7.16. The molecule has 0 N–H and O–H groups in total. The fourth-order valence-corrected chi connectivity index (χ4v) is 9.38. The number of hydrogen-bond acceptors (Lipinski definition) is 2. The van der Waals surface area contributed by atoms with Crippen LogP contribution in [0.15, 0.2) is 192 Å². The van der Waals surface area contributed by atoms with Gasteiger partial charge < -0.3 is 9.32 Å². The molecule has 0 spiro atoms. The van der Waals surface area contributed by atoms with Crippen LogP contribution in [0.25, 0.3) is 88.3 Å². The lowest BCUT2D eigenvalue weighted by molar-refractivity contribution is 0.590. The van der Waals surface area contributed by atoms with Crippen LogP contribution in [0.1, 0.15) is 31.9 Å². The van der Waals surface area contributed by atoms with Gasteiger partial charge in [0.1, 0.15) is 11.2 Å². The molecule has 2 heteroatoms. The Balaban J connectivity index is 1.23. The largest absolute Gasteiger partial charge is 0.456 e. The number of hydrogen-bond donors (Lipinski definition) is 0. The summed E-state index contributed by atoms with van der Waals surface area (Å²) in [5.41, 5.74) is 19.9. The van der Waals surface area contributed by atoms with Crippen LogP contribution in [0.2, 0.25) is 0 Å². The zero-order valence-electron chi connectivity index (χ0n) is 33.8. The van der Waals surface area contributed by atoms with Crippen molar-refractivity contribution in [2.75, 3.05) is 4.90 Å². The summed E-state index contributed by atoms with van der Waals surface area (Å²) in [6.07, 6.45) is 0. The Morgan fingerprint density at radius 2 is 1.07 bits per heavy atom. The third-order valence-electron chi connectivity index (χ3n) is 12.3. The van der Waals surface area contributed by atoms with Crippen LogP contribution < -0.4 is 4.90 Å². The topological polar surface area (TPSA) is 16.4 Å². The zero-order chi connectivity index (χ0) is 39.8. The lowest BCUT2D eigenvalue weighted by Gasteiger charge is -2.30. The van der Waals surface area contributed by atoms with E-state index in [4.69, 9.17) is 4.42 Å². The Bertz CT molecular complexity index is 3250. The molecule has 0 bridgehead atoms. The Morgan fingerprint density at radius 3 is 1.80 bits per heavy atom. The lowest BCUT2D eigenvalue weighted by atomic mass is 9.79. The number of furan rings is 1. The zero-order valence-corrected chi connectivity index (χ0v) is 33.8. The third kappa shape index (κ3) is 5.70. The molecular formula is C57H43NO. The minimum atomic E-state index is 0.0391. The Kier molecular flexibility index (Phi) is 8.00. The predicted molar refractivity (Wildman–Crippen MR) is 250 cm³/mol. The van der Waals surface area contributed by atoms with Crippen LogP contribution in [-0.4, -0.2) is 0 Å². The van der Waals surface area contributed by atoms with Gasteiger partial charge in [-0.05, 0) is 140 Å². The fraction of sp³-hybridized carbons (Fsp3) is 0.0877. The number of anilines is 3. The normalized spacial score (nSPS) is 12.1. The molecule has 0 saturated carbocycles. The number of aryl methyl sites for hydroxylation is 1. The number of fused-ring (bicyclic) bond motifs is 13. The molecule has 0 atom stereocenters. The predicted octanol–water partition coefficient (Wildman–Crippen LogP) is 16.5. The second-order valence-corrected chi connectivity index (χ2v) is 16.9. The second kappa shape index (κ2) is 13.5. The summed E-state index contributed by atoms with van der Waals surface area (Å²) >= 11 is 0. The van der Waals surface area contributed by atoms with Crippen LogP contribution in [0.5, 0.6) is 0 Å². The first-order chi connectivity index (χ1) is 28.8. The highest BCUT2D eigenvalue weighted by molar-refractivity contribution is 6.20. The number of para-hydroxylation sites is 1. The van der Waals surface area contributed by atoms with Gasteiger partial charge in [-0.2, -0.15) is 0 Å². The molecule has 1 aromatic heterocycles. The molecule has 0 saturated heterocycles. The average Bonchev–Trinajstić information content (AvgIpc) is 3.65. The molecule has 9 aromatic carbocycles. The van der Waals surface area contributed by atoms with Crippen molar-refractivity contribution in [3.8, 4) is 55.6 Å². The van der Waals surface area contributed by atoms with Gasteiger partial charge in [-0.1, -0.05) is 148 Å². The van der Waals surface area contributed by atoms with E-state index < -0.39 is 0 Å². The van der Waals surface area contributed by atoms with E-state index in [1.54, 1.807) is 0 Å². The fourth-order valence-electron chi connectivity index (χ4n) is 9.38. The van der Waals surface area contributed by atoms with E-state index in [1.165, 1.54) is 77.5 Å². The van der Waals surface area contributed by atoms with Crippen molar-refractivity contribution in [2.24, 2.45) is 0 Å². The van der Waals surface area contributed by atoms with Crippen molar-refractivity contribution < 1.29 is 4.42 Å². The minimum Gasteiger partial charge on any atom is -0.456 e. The summed E-state index contributed by atoms with van der Waals surface area (Å²) in [6.45, 7) is 9.04. The van der Waals surface area contributed by atoms with E-state index in [9.17, 15) is 0 Å². The first-order valence-electron chi connectivity index (χ1n) is 20.6. The molecule has 0 fully saturated rings. The maximum absolute atomic E-state index is 6.57. The van der Waals surface area contributed by atoms with Crippen molar-refractivity contribution >= 4 is 49.8 Å². The SMILES string of the molecule is Cc1ccc(N(c2ccc(C(C)(C)C)cc2)c2cccc3cc4c(cc23)-c2ccccc2-c2ccccc2-c2ccc3oc5ccccc5c3c2-4)cc1-c1ccccc1. The molecule has 1 heterocycles. The van der Waals surface area contributed by atoms with Gasteiger partial charge in [0.05, 0.1) is 5.69 Å². The van der Waals surface area contributed by atoms with E-state index in [0.717, 1.165) is 39.0 Å². The summed E-state index contributed by atoms with van der Waals surface area (Å²) in [5.74, 6) is 0. The van der Waals surface area contributed by atoms with Gasteiger partial charge in [-0.25, -0.2) is 0 Å². The lowest BCUT2D eigenvalue weighted by Crippen LogP contribution is -2.13. The molecule has 0 amide bonds. The third-order valence-corrected chi connectivity index (χ3v) is 12.3. The quantitative estimate of drug-likeness (QED) is 0.178.